The number of nitrogens with zero attached hydrogens (tertiary/aromatic N) is 1. The Morgan fingerprint density at radius 3 is 3.12 bits per heavy atom. The summed E-state index contributed by atoms with van der Waals surface area (Å²) in [6.45, 7) is 2.35. The summed E-state index contributed by atoms with van der Waals surface area (Å²) in [4.78, 5) is 15.7. The van der Waals surface area contributed by atoms with Crippen LogP contribution < -0.4 is 0 Å². The first kappa shape index (κ1) is 12.3. The van der Waals surface area contributed by atoms with Gasteiger partial charge >= 0.3 is 5.97 Å². The standard InChI is InChI=1S/C13H15NO2/c1-3-5-6-9-16-13(15)12-7-8-14-10-11(12)4-2/h1,7-8,10H,4-6,9H2,2H3. The molecule has 0 atom stereocenters. The SMILES string of the molecule is C#CCCCOC(=O)c1ccncc1CC. The second kappa shape index (κ2) is 6.62. The lowest BCUT2D eigenvalue weighted by atomic mass is 10.1. The quantitative estimate of drug-likeness (QED) is 0.431. The highest BCUT2D eigenvalue weighted by atomic mass is 16.5. The summed E-state index contributed by atoms with van der Waals surface area (Å²) >= 11 is 0. The van der Waals surface area contributed by atoms with Gasteiger partial charge in [-0.15, -0.1) is 12.3 Å². The number of rotatable bonds is 5. The van der Waals surface area contributed by atoms with Gasteiger partial charge in [0, 0.05) is 18.8 Å². The van der Waals surface area contributed by atoms with Crippen molar-refractivity contribution in [2.45, 2.75) is 26.2 Å². The molecule has 0 spiro atoms. The Bertz CT molecular complexity index is 393. The molecule has 84 valence electrons. The number of aromatic nitrogens is 1. The van der Waals surface area contributed by atoms with Crippen LogP contribution in [0, 0.1) is 12.3 Å². The Morgan fingerprint density at radius 2 is 2.44 bits per heavy atom. The number of hydrogen-bond acceptors (Lipinski definition) is 3. The van der Waals surface area contributed by atoms with E-state index in [1.54, 1.807) is 18.5 Å². The molecule has 3 nitrogen and oxygen atoms in total. The number of carbonyl (C=O) groups excluding carboxylic acids is 1. The molecule has 1 rings (SSSR count). The molecule has 0 aliphatic heterocycles. The topological polar surface area (TPSA) is 39.2 Å². The van der Waals surface area contributed by atoms with E-state index in [1.165, 1.54) is 0 Å². The lowest BCUT2D eigenvalue weighted by Gasteiger charge is -2.06. The van der Waals surface area contributed by atoms with Crippen LogP contribution in [0.15, 0.2) is 18.5 Å². The molecule has 0 aromatic carbocycles. The number of esters is 1. The fraction of sp³-hybridized carbons (Fsp3) is 0.385. The molecule has 0 aliphatic carbocycles. The van der Waals surface area contributed by atoms with Crippen LogP contribution in [-0.4, -0.2) is 17.6 Å². The summed E-state index contributed by atoms with van der Waals surface area (Å²) in [6, 6.07) is 1.68. The molecular weight excluding hydrogens is 202 g/mol. The van der Waals surface area contributed by atoms with E-state index < -0.39 is 0 Å². The Balaban J connectivity index is 2.56. The summed E-state index contributed by atoms with van der Waals surface area (Å²) in [5.41, 5.74) is 1.50. The summed E-state index contributed by atoms with van der Waals surface area (Å²) in [5.74, 6) is 2.21. The predicted molar refractivity (Wildman–Crippen MR) is 62.0 cm³/mol. The van der Waals surface area contributed by atoms with Crippen LogP contribution in [0.25, 0.3) is 0 Å². The second-order valence-corrected chi connectivity index (χ2v) is 3.33. The van der Waals surface area contributed by atoms with Gasteiger partial charge in [0.2, 0.25) is 0 Å². The van der Waals surface area contributed by atoms with Crippen molar-refractivity contribution in [2.24, 2.45) is 0 Å². The molecule has 1 aromatic heterocycles. The van der Waals surface area contributed by atoms with Gasteiger partial charge in [-0.25, -0.2) is 4.79 Å². The zero-order chi connectivity index (χ0) is 11.8. The number of hydrogen-bond donors (Lipinski definition) is 0. The van der Waals surface area contributed by atoms with Gasteiger partial charge in [0.05, 0.1) is 12.2 Å². The molecule has 0 unspecified atom stereocenters. The zero-order valence-corrected chi connectivity index (χ0v) is 9.40. The second-order valence-electron chi connectivity index (χ2n) is 3.33. The fourth-order valence-corrected chi connectivity index (χ4v) is 1.32. The normalized spacial score (nSPS) is 9.50. The first-order chi connectivity index (χ1) is 7.79. The highest BCUT2D eigenvalue weighted by Gasteiger charge is 2.10. The van der Waals surface area contributed by atoms with Crippen LogP contribution in [0.3, 0.4) is 0 Å². The number of carbonyl (C=O) groups is 1. The van der Waals surface area contributed by atoms with E-state index in [9.17, 15) is 4.79 Å². The fourth-order valence-electron chi connectivity index (χ4n) is 1.32. The van der Waals surface area contributed by atoms with Gasteiger partial charge in [-0.1, -0.05) is 6.92 Å². The Kier molecular flexibility index (Phi) is 5.07. The Morgan fingerprint density at radius 1 is 1.62 bits per heavy atom. The largest absolute Gasteiger partial charge is 0.462 e. The van der Waals surface area contributed by atoms with Gasteiger partial charge in [-0.3, -0.25) is 4.98 Å². The molecule has 0 amide bonds. The van der Waals surface area contributed by atoms with Crippen molar-refractivity contribution in [1.82, 2.24) is 4.98 Å². The van der Waals surface area contributed by atoms with Gasteiger partial charge in [-0.2, -0.15) is 0 Å². The predicted octanol–water partition coefficient (Wildman–Crippen LogP) is 2.21. The average molecular weight is 217 g/mol. The van der Waals surface area contributed by atoms with Gasteiger partial charge in [0.15, 0.2) is 0 Å². The van der Waals surface area contributed by atoms with E-state index in [1.807, 2.05) is 6.92 Å². The minimum Gasteiger partial charge on any atom is -0.462 e. The van der Waals surface area contributed by atoms with E-state index in [-0.39, 0.29) is 5.97 Å². The maximum absolute atomic E-state index is 11.7. The summed E-state index contributed by atoms with van der Waals surface area (Å²) < 4.78 is 5.11. The lowest BCUT2D eigenvalue weighted by Crippen LogP contribution is -2.09. The summed E-state index contributed by atoms with van der Waals surface area (Å²) in [7, 11) is 0. The number of aryl methyl sites for hydroxylation is 1. The maximum atomic E-state index is 11.7. The number of ether oxygens (including phenoxy) is 1. The molecule has 3 heteroatoms. The minimum absolute atomic E-state index is 0.295. The van der Waals surface area contributed by atoms with Crippen molar-refractivity contribution in [1.29, 1.82) is 0 Å². The number of unbranched alkanes of at least 4 members (excludes halogenated alkanes) is 1. The smallest absolute Gasteiger partial charge is 0.338 e. The zero-order valence-electron chi connectivity index (χ0n) is 9.40. The van der Waals surface area contributed by atoms with Crippen LogP contribution in [-0.2, 0) is 11.2 Å². The van der Waals surface area contributed by atoms with E-state index in [2.05, 4.69) is 10.9 Å². The summed E-state index contributed by atoms with van der Waals surface area (Å²) in [5, 5.41) is 0. The average Bonchev–Trinajstić information content (AvgIpc) is 2.34. The first-order valence-electron chi connectivity index (χ1n) is 5.33. The summed E-state index contributed by atoms with van der Waals surface area (Å²) in [6.07, 6.45) is 10.5. The third kappa shape index (κ3) is 3.39. The molecule has 1 aromatic rings. The molecule has 16 heavy (non-hydrogen) atoms. The molecule has 0 fully saturated rings. The van der Waals surface area contributed by atoms with Crippen molar-refractivity contribution < 1.29 is 9.53 Å². The van der Waals surface area contributed by atoms with Crippen LogP contribution in [0.1, 0.15) is 35.7 Å². The van der Waals surface area contributed by atoms with Crippen LogP contribution in [0.4, 0.5) is 0 Å². The van der Waals surface area contributed by atoms with Gasteiger partial charge in [0.1, 0.15) is 0 Å². The molecule has 0 bridgehead atoms. The van der Waals surface area contributed by atoms with Crippen molar-refractivity contribution in [3.05, 3.63) is 29.6 Å². The maximum Gasteiger partial charge on any atom is 0.338 e. The highest BCUT2D eigenvalue weighted by molar-refractivity contribution is 5.90. The third-order valence-corrected chi connectivity index (χ3v) is 2.20. The van der Waals surface area contributed by atoms with Crippen LogP contribution >= 0.6 is 0 Å². The lowest BCUT2D eigenvalue weighted by molar-refractivity contribution is 0.0500. The van der Waals surface area contributed by atoms with Gasteiger partial charge in [-0.05, 0) is 24.5 Å². The van der Waals surface area contributed by atoms with E-state index >= 15 is 0 Å². The van der Waals surface area contributed by atoms with Gasteiger partial charge in [0.25, 0.3) is 0 Å². The van der Waals surface area contributed by atoms with Crippen molar-refractivity contribution >= 4 is 5.97 Å². The first-order valence-corrected chi connectivity index (χ1v) is 5.33. The molecule has 1 heterocycles. The molecule has 0 aliphatic rings. The van der Waals surface area contributed by atoms with Crippen LogP contribution in [0.2, 0.25) is 0 Å². The number of pyridine rings is 1. The monoisotopic (exact) mass is 217 g/mol. The molecule has 0 saturated carbocycles. The van der Waals surface area contributed by atoms with E-state index in [0.717, 1.165) is 12.0 Å². The van der Waals surface area contributed by atoms with Crippen molar-refractivity contribution in [2.75, 3.05) is 6.61 Å². The number of terminal acetylenes is 1. The minimum atomic E-state index is -0.295. The molecule has 0 N–H and O–H groups in total. The van der Waals surface area contributed by atoms with Crippen molar-refractivity contribution in [3.8, 4) is 12.3 Å². The van der Waals surface area contributed by atoms with E-state index in [4.69, 9.17) is 11.2 Å². The third-order valence-electron chi connectivity index (χ3n) is 2.20. The van der Waals surface area contributed by atoms with Crippen molar-refractivity contribution in [3.63, 3.8) is 0 Å². The molecule has 0 radical (unpaired) electrons. The Hall–Kier alpha value is -1.82. The highest BCUT2D eigenvalue weighted by Crippen LogP contribution is 2.09. The van der Waals surface area contributed by atoms with Crippen LogP contribution in [0.5, 0.6) is 0 Å². The van der Waals surface area contributed by atoms with Gasteiger partial charge < -0.3 is 4.74 Å². The Labute approximate surface area is 95.8 Å². The molecule has 0 saturated heterocycles. The van der Waals surface area contributed by atoms with E-state index in [0.29, 0.717) is 25.0 Å². The molecular formula is C13H15NO2.